The first kappa shape index (κ1) is 67.4. The highest BCUT2D eigenvalue weighted by Gasteiger charge is 2.19. The average Bonchev–Trinajstić information content (AvgIpc) is 3.36. The molecule has 0 fully saturated rings. The molecule has 408 valence electrons. The number of hydrogen-bond donors (Lipinski definition) is 0. The van der Waals surface area contributed by atoms with Crippen molar-refractivity contribution < 1.29 is 28.6 Å². The number of carbonyl (C=O) groups excluding carboxylic acids is 3. The zero-order valence-electron chi connectivity index (χ0n) is 46.8. The predicted molar refractivity (Wildman–Crippen MR) is 302 cm³/mol. The van der Waals surface area contributed by atoms with Gasteiger partial charge in [0.15, 0.2) is 6.10 Å². The summed E-state index contributed by atoms with van der Waals surface area (Å²) in [6.07, 6.45) is 73.3. The molecule has 0 aliphatic carbocycles. The van der Waals surface area contributed by atoms with Gasteiger partial charge in [-0.1, -0.05) is 294 Å². The minimum absolute atomic E-state index is 0.0668. The maximum absolute atomic E-state index is 12.7. The second-order valence-electron chi connectivity index (χ2n) is 20.6. The first-order valence-corrected chi connectivity index (χ1v) is 30.6. The first-order valence-electron chi connectivity index (χ1n) is 30.6. The molecule has 0 amide bonds. The van der Waals surface area contributed by atoms with Gasteiger partial charge in [-0.15, -0.1) is 0 Å². The van der Waals surface area contributed by atoms with Crippen LogP contribution in [0.15, 0.2) is 48.6 Å². The topological polar surface area (TPSA) is 78.9 Å². The van der Waals surface area contributed by atoms with Crippen LogP contribution in [0.2, 0.25) is 0 Å². The lowest BCUT2D eigenvalue weighted by Gasteiger charge is -2.18. The number of allylic oxidation sites excluding steroid dienone is 8. The predicted octanol–water partition coefficient (Wildman–Crippen LogP) is 20.6. The molecule has 0 aliphatic heterocycles. The largest absolute Gasteiger partial charge is 0.462 e. The molecule has 70 heavy (non-hydrogen) atoms. The average molecular weight is 982 g/mol. The van der Waals surface area contributed by atoms with Crippen molar-refractivity contribution in [3.63, 3.8) is 0 Å². The van der Waals surface area contributed by atoms with E-state index in [1.54, 1.807) is 0 Å². The monoisotopic (exact) mass is 981 g/mol. The molecule has 0 saturated carbocycles. The Labute approximate surface area is 435 Å². The van der Waals surface area contributed by atoms with Crippen molar-refractivity contribution in [1.82, 2.24) is 0 Å². The van der Waals surface area contributed by atoms with Crippen LogP contribution in [0.3, 0.4) is 0 Å². The first-order chi connectivity index (χ1) is 34.5. The molecule has 0 rings (SSSR count). The van der Waals surface area contributed by atoms with Crippen LogP contribution in [0, 0.1) is 0 Å². The van der Waals surface area contributed by atoms with Gasteiger partial charge in [-0.25, -0.2) is 0 Å². The van der Waals surface area contributed by atoms with Gasteiger partial charge in [-0.2, -0.15) is 0 Å². The fourth-order valence-electron chi connectivity index (χ4n) is 9.02. The third-order valence-corrected chi connectivity index (χ3v) is 13.6. The summed E-state index contributed by atoms with van der Waals surface area (Å²) in [7, 11) is 0. The summed E-state index contributed by atoms with van der Waals surface area (Å²) in [4.78, 5) is 37.7. The van der Waals surface area contributed by atoms with E-state index in [0.717, 1.165) is 89.9 Å². The van der Waals surface area contributed by atoms with Crippen molar-refractivity contribution in [2.45, 2.75) is 329 Å². The molecule has 0 radical (unpaired) electrons. The third kappa shape index (κ3) is 56.3. The van der Waals surface area contributed by atoms with Gasteiger partial charge in [-0.05, 0) is 57.8 Å². The Kier molecular flexibility index (Phi) is 56.7. The highest BCUT2D eigenvalue weighted by molar-refractivity contribution is 5.71. The van der Waals surface area contributed by atoms with E-state index in [-0.39, 0.29) is 31.1 Å². The van der Waals surface area contributed by atoms with Gasteiger partial charge >= 0.3 is 17.9 Å². The standard InChI is InChI=1S/C64H116O6/c1-4-7-10-13-15-17-19-21-22-23-24-25-26-27-28-29-30-31-32-33-34-35-36-37-38-39-40-41-42-43-45-46-48-51-54-57-63(66)69-60-61(59-68-62(65)56-53-50-12-9-6-3)70-64(67)58-55-52-49-47-44-20-18-16-14-11-8-5-2/h7,10,15,17,21-22,24-25,61H,4-6,8-9,11-14,16,18-20,23,26-60H2,1-3H3/b10-7-,17-15-,22-21-,25-24-. The zero-order chi connectivity index (χ0) is 50.7. The molecule has 0 saturated heterocycles. The molecule has 0 heterocycles. The van der Waals surface area contributed by atoms with Gasteiger partial charge in [-0.3, -0.25) is 14.4 Å². The van der Waals surface area contributed by atoms with Gasteiger partial charge in [0.2, 0.25) is 0 Å². The SMILES string of the molecule is CC/C=C\C/C=C\C/C=C\C/C=C\CCCCCCCCCCCCCCCCCCCCCCCCC(=O)OCC(COC(=O)CCCCCCC)OC(=O)CCCCCCCCCCCCCC. The maximum Gasteiger partial charge on any atom is 0.306 e. The Hall–Kier alpha value is -2.63. The summed E-state index contributed by atoms with van der Waals surface area (Å²) in [5.74, 6) is -0.865. The van der Waals surface area contributed by atoms with E-state index >= 15 is 0 Å². The van der Waals surface area contributed by atoms with Crippen LogP contribution in [0.25, 0.3) is 0 Å². The molecular formula is C64H116O6. The van der Waals surface area contributed by atoms with Crippen LogP contribution in [0.1, 0.15) is 323 Å². The van der Waals surface area contributed by atoms with Crippen molar-refractivity contribution >= 4 is 17.9 Å². The van der Waals surface area contributed by atoms with Crippen molar-refractivity contribution in [2.75, 3.05) is 13.2 Å². The number of hydrogen-bond acceptors (Lipinski definition) is 6. The lowest BCUT2D eigenvalue weighted by atomic mass is 10.0. The van der Waals surface area contributed by atoms with Crippen LogP contribution < -0.4 is 0 Å². The number of rotatable bonds is 56. The van der Waals surface area contributed by atoms with E-state index < -0.39 is 6.10 Å². The molecule has 0 bridgehead atoms. The highest BCUT2D eigenvalue weighted by Crippen LogP contribution is 2.17. The van der Waals surface area contributed by atoms with Crippen LogP contribution in [0.5, 0.6) is 0 Å². The summed E-state index contributed by atoms with van der Waals surface area (Å²) in [5, 5.41) is 0. The minimum atomic E-state index is -0.762. The van der Waals surface area contributed by atoms with Gasteiger partial charge in [0.25, 0.3) is 0 Å². The van der Waals surface area contributed by atoms with Crippen LogP contribution >= 0.6 is 0 Å². The van der Waals surface area contributed by atoms with E-state index in [4.69, 9.17) is 14.2 Å². The molecule has 0 aromatic heterocycles. The molecule has 0 spiro atoms. The molecule has 1 unspecified atom stereocenters. The molecule has 6 nitrogen and oxygen atoms in total. The molecule has 1 atom stereocenters. The summed E-state index contributed by atoms with van der Waals surface area (Å²) in [6.45, 7) is 6.47. The fourth-order valence-corrected chi connectivity index (χ4v) is 9.02. The van der Waals surface area contributed by atoms with Crippen LogP contribution in [-0.4, -0.2) is 37.2 Å². The molecular weight excluding hydrogens is 865 g/mol. The molecule has 0 aromatic carbocycles. The van der Waals surface area contributed by atoms with Crippen LogP contribution in [0.4, 0.5) is 0 Å². The van der Waals surface area contributed by atoms with Crippen molar-refractivity contribution in [2.24, 2.45) is 0 Å². The Morgan fingerprint density at radius 2 is 0.557 bits per heavy atom. The van der Waals surface area contributed by atoms with E-state index in [9.17, 15) is 14.4 Å². The third-order valence-electron chi connectivity index (χ3n) is 13.6. The van der Waals surface area contributed by atoms with Gasteiger partial charge in [0.05, 0.1) is 0 Å². The number of ether oxygens (including phenoxy) is 3. The quantitative estimate of drug-likeness (QED) is 0.0261. The van der Waals surface area contributed by atoms with Crippen molar-refractivity contribution in [3.8, 4) is 0 Å². The summed E-state index contributed by atoms with van der Waals surface area (Å²) < 4.78 is 16.7. The molecule has 0 aromatic rings. The zero-order valence-corrected chi connectivity index (χ0v) is 46.8. The normalized spacial score (nSPS) is 12.3. The van der Waals surface area contributed by atoms with E-state index in [2.05, 4.69) is 69.4 Å². The van der Waals surface area contributed by atoms with Gasteiger partial charge in [0.1, 0.15) is 13.2 Å². The summed E-state index contributed by atoms with van der Waals surface area (Å²) in [6, 6.07) is 0. The lowest BCUT2D eigenvalue weighted by molar-refractivity contribution is -0.167. The fraction of sp³-hybridized carbons (Fsp3) is 0.828. The molecule has 0 aliphatic rings. The van der Waals surface area contributed by atoms with Crippen LogP contribution in [-0.2, 0) is 28.6 Å². The number of esters is 3. The number of carbonyl (C=O) groups is 3. The Morgan fingerprint density at radius 3 is 0.871 bits per heavy atom. The second kappa shape index (κ2) is 58.9. The van der Waals surface area contributed by atoms with Gasteiger partial charge in [0, 0.05) is 19.3 Å². The Balaban J connectivity index is 3.82. The van der Waals surface area contributed by atoms with E-state index in [0.29, 0.717) is 19.3 Å². The maximum atomic E-state index is 12.7. The lowest BCUT2D eigenvalue weighted by Crippen LogP contribution is -2.30. The summed E-state index contributed by atoms with van der Waals surface area (Å²) >= 11 is 0. The minimum Gasteiger partial charge on any atom is -0.462 e. The van der Waals surface area contributed by atoms with E-state index in [1.807, 2.05) is 0 Å². The molecule has 6 heteroatoms. The van der Waals surface area contributed by atoms with Crippen molar-refractivity contribution in [3.05, 3.63) is 48.6 Å². The molecule has 0 N–H and O–H groups in total. The summed E-state index contributed by atoms with van der Waals surface area (Å²) in [5.41, 5.74) is 0. The Bertz CT molecular complexity index is 1220. The van der Waals surface area contributed by atoms with Crippen molar-refractivity contribution in [1.29, 1.82) is 0 Å². The second-order valence-corrected chi connectivity index (χ2v) is 20.6. The van der Waals surface area contributed by atoms with Gasteiger partial charge < -0.3 is 14.2 Å². The number of unbranched alkanes of at least 4 members (excludes halogenated alkanes) is 37. The smallest absolute Gasteiger partial charge is 0.306 e. The Morgan fingerprint density at radius 1 is 0.300 bits per heavy atom. The highest BCUT2D eigenvalue weighted by atomic mass is 16.6. The van der Waals surface area contributed by atoms with E-state index in [1.165, 1.54) is 193 Å².